The molecule has 0 aromatic heterocycles. The molecular formula is C19H25N3O5S. The van der Waals surface area contributed by atoms with Gasteiger partial charge in [-0.2, -0.15) is 9.57 Å². The summed E-state index contributed by atoms with van der Waals surface area (Å²) < 4.78 is 31.8. The van der Waals surface area contributed by atoms with Crippen LogP contribution in [0.1, 0.15) is 36.5 Å². The van der Waals surface area contributed by atoms with Crippen LogP contribution in [0.5, 0.6) is 0 Å². The Morgan fingerprint density at radius 1 is 1.25 bits per heavy atom. The number of nitrogens with zero attached hydrogens (tertiary/aromatic N) is 3. The minimum atomic E-state index is -3.58. The molecule has 0 saturated carbocycles. The summed E-state index contributed by atoms with van der Waals surface area (Å²) in [7, 11) is -2.06. The van der Waals surface area contributed by atoms with Crippen LogP contribution in [0.3, 0.4) is 0 Å². The first-order valence-electron chi connectivity index (χ1n) is 9.14. The number of hydrogen-bond acceptors (Lipinski definition) is 6. The lowest BCUT2D eigenvalue weighted by Crippen LogP contribution is -2.37. The van der Waals surface area contributed by atoms with E-state index in [-0.39, 0.29) is 23.4 Å². The van der Waals surface area contributed by atoms with Crippen LogP contribution in [-0.2, 0) is 19.6 Å². The number of likely N-dealkylation sites (N-methyl/N-ethyl adjacent to an activating group) is 1. The van der Waals surface area contributed by atoms with Crippen molar-refractivity contribution in [3.63, 3.8) is 0 Å². The number of nitriles is 1. The van der Waals surface area contributed by atoms with Crippen LogP contribution < -0.4 is 0 Å². The number of esters is 1. The van der Waals surface area contributed by atoms with Gasteiger partial charge in [-0.25, -0.2) is 13.2 Å². The highest BCUT2D eigenvalue weighted by Crippen LogP contribution is 2.23. The lowest BCUT2D eigenvalue weighted by Gasteiger charge is -2.29. The molecular weight excluding hydrogens is 382 g/mol. The van der Waals surface area contributed by atoms with Crippen molar-refractivity contribution in [1.29, 1.82) is 5.26 Å². The van der Waals surface area contributed by atoms with Gasteiger partial charge >= 0.3 is 5.97 Å². The van der Waals surface area contributed by atoms with Gasteiger partial charge in [-0.05, 0) is 43.0 Å². The standard InChI is InChI=1S/C19H25N3O5S/c1-15-8-12-22(13-9-15)28(25,26)17-6-4-16(5-7-17)19(24)27-14-18(23)21(2)11-3-10-20/h4-7,15H,3,8-9,11-14H2,1-2H3. The van der Waals surface area contributed by atoms with Crippen molar-refractivity contribution in [2.75, 3.05) is 33.3 Å². The second-order valence-corrected chi connectivity index (χ2v) is 8.85. The summed E-state index contributed by atoms with van der Waals surface area (Å²) in [5.41, 5.74) is 0.165. The number of benzene rings is 1. The second-order valence-electron chi connectivity index (χ2n) is 6.91. The maximum Gasteiger partial charge on any atom is 0.338 e. The zero-order valence-electron chi connectivity index (χ0n) is 16.1. The van der Waals surface area contributed by atoms with Gasteiger partial charge in [0.1, 0.15) is 0 Å². The molecule has 1 heterocycles. The minimum absolute atomic E-state index is 0.130. The van der Waals surface area contributed by atoms with Crippen LogP contribution >= 0.6 is 0 Å². The van der Waals surface area contributed by atoms with Crippen LogP contribution in [0.4, 0.5) is 0 Å². The predicted molar refractivity (Wildman–Crippen MR) is 102 cm³/mol. The molecule has 1 aromatic carbocycles. The van der Waals surface area contributed by atoms with Gasteiger partial charge in [0.15, 0.2) is 6.61 Å². The Hall–Kier alpha value is -2.44. The van der Waals surface area contributed by atoms with Gasteiger partial charge in [-0.3, -0.25) is 4.79 Å². The largest absolute Gasteiger partial charge is 0.452 e. The third kappa shape index (κ3) is 5.53. The zero-order chi connectivity index (χ0) is 20.7. The second kappa shape index (κ2) is 9.66. The number of hydrogen-bond donors (Lipinski definition) is 0. The van der Waals surface area contributed by atoms with Gasteiger partial charge in [0.25, 0.3) is 5.91 Å². The van der Waals surface area contributed by atoms with Crippen LogP contribution in [0.25, 0.3) is 0 Å². The SMILES string of the molecule is CC1CCN(S(=O)(=O)c2ccc(C(=O)OCC(=O)N(C)CCC#N)cc2)CC1. The average Bonchev–Trinajstić information content (AvgIpc) is 2.70. The van der Waals surface area contributed by atoms with Gasteiger partial charge in [-0.1, -0.05) is 6.92 Å². The lowest BCUT2D eigenvalue weighted by molar-refractivity contribution is -0.133. The van der Waals surface area contributed by atoms with Crippen molar-refractivity contribution in [2.24, 2.45) is 5.92 Å². The summed E-state index contributed by atoms with van der Waals surface area (Å²) in [4.78, 5) is 25.3. The van der Waals surface area contributed by atoms with Gasteiger partial charge in [0.2, 0.25) is 10.0 Å². The molecule has 0 bridgehead atoms. The molecule has 1 aliphatic heterocycles. The number of carbonyl (C=O) groups excluding carboxylic acids is 2. The van der Waals surface area contributed by atoms with Gasteiger partial charge < -0.3 is 9.64 Å². The number of rotatable bonds is 7. The molecule has 0 unspecified atom stereocenters. The Bertz CT molecular complexity index is 837. The molecule has 0 atom stereocenters. The Labute approximate surface area is 165 Å². The molecule has 152 valence electrons. The molecule has 1 saturated heterocycles. The van der Waals surface area contributed by atoms with E-state index in [0.29, 0.717) is 19.0 Å². The number of piperidine rings is 1. The van der Waals surface area contributed by atoms with E-state index in [4.69, 9.17) is 10.00 Å². The topological polar surface area (TPSA) is 108 Å². The van der Waals surface area contributed by atoms with Crippen molar-refractivity contribution in [3.8, 4) is 6.07 Å². The van der Waals surface area contributed by atoms with E-state index < -0.39 is 28.5 Å². The lowest BCUT2D eigenvalue weighted by atomic mass is 10.0. The molecule has 1 aromatic rings. The third-order valence-corrected chi connectivity index (χ3v) is 6.69. The summed E-state index contributed by atoms with van der Waals surface area (Å²) in [6, 6.07) is 7.45. The maximum absolute atomic E-state index is 12.7. The number of carbonyl (C=O) groups is 2. The molecule has 2 rings (SSSR count). The van der Waals surface area contributed by atoms with E-state index in [9.17, 15) is 18.0 Å². The number of ether oxygens (including phenoxy) is 1. The van der Waals surface area contributed by atoms with Crippen molar-refractivity contribution < 1.29 is 22.7 Å². The van der Waals surface area contributed by atoms with Crippen LogP contribution in [0, 0.1) is 17.2 Å². The molecule has 1 fully saturated rings. The molecule has 0 spiro atoms. The molecule has 0 radical (unpaired) electrons. The van der Waals surface area contributed by atoms with Crippen LogP contribution in [-0.4, -0.2) is 62.8 Å². The quantitative estimate of drug-likeness (QED) is 0.636. The first-order valence-corrected chi connectivity index (χ1v) is 10.6. The fourth-order valence-electron chi connectivity index (χ4n) is 2.80. The van der Waals surface area contributed by atoms with Crippen molar-refractivity contribution in [2.45, 2.75) is 31.1 Å². The van der Waals surface area contributed by atoms with Crippen LogP contribution in [0.15, 0.2) is 29.2 Å². The molecule has 0 N–H and O–H groups in total. The van der Waals surface area contributed by atoms with Gasteiger partial charge in [0.05, 0.1) is 22.9 Å². The highest BCUT2D eigenvalue weighted by molar-refractivity contribution is 7.89. The molecule has 0 aliphatic carbocycles. The zero-order valence-corrected chi connectivity index (χ0v) is 16.9. The van der Waals surface area contributed by atoms with Gasteiger partial charge in [-0.15, -0.1) is 0 Å². The average molecular weight is 407 g/mol. The Kier molecular flexibility index (Phi) is 7.54. The van der Waals surface area contributed by atoms with Crippen LogP contribution in [0.2, 0.25) is 0 Å². The fraction of sp³-hybridized carbons (Fsp3) is 0.526. The molecule has 28 heavy (non-hydrogen) atoms. The Morgan fingerprint density at radius 2 is 1.86 bits per heavy atom. The Morgan fingerprint density at radius 3 is 2.43 bits per heavy atom. The van der Waals surface area contributed by atoms with Crippen molar-refractivity contribution >= 4 is 21.9 Å². The molecule has 1 aliphatic rings. The predicted octanol–water partition coefficient (Wildman–Crippen LogP) is 1.64. The highest BCUT2D eigenvalue weighted by Gasteiger charge is 2.28. The summed E-state index contributed by atoms with van der Waals surface area (Å²) in [5, 5.41) is 8.52. The fourth-order valence-corrected chi connectivity index (χ4v) is 4.27. The van der Waals surface area contributed by atoms with E-state index >= 15 is 0 Å². The monoisotopic (exact) mass is 407 g/mol. The summed E-state index contributed by atoms with van der Waals surface area (Å²) in [5.74, 6) is -0.606. The molecule has 8 nitrogen and oxygen atoms in total. The minimum Gasteiger partial charge on any atom is -0.452 e. The van der Waals surface area contributed by atoms with E-state index in [1.807, 2.05) is 6.07 Å². The number of amides is 1. The van der Waals surface area contributed by atoms with Crippen molar-refractivity contribution in [1.82, 2.24) is 9.21 Å². The van der Waals surface area contributed by atoms with E-state index in [0.717, 1.165) is 12.8 Å². The maximum atomic E-state index is 12.7. The summed E-state index contributed by atoms with van der Waals surface area (Å²) in [6.45, 7) is 2.92. The third-order valence-electron chi connectivity index (χ3n) is 4.78. The Balaban J connectivity index is 1.95. The van der Waals surface area contributed by atoms with E-state index in [1.165, 1.54) is 40.5 Å². The van der Waals surface area contributed by atoms with E-state index in [2.05, 4.69) is 6.92 Å². The molecule has 1 amide bonds. The highest BCUT2D eigenvalue weighted by atomic mass is 32.2. The van der Waals surface area contributed by atoms with Gasteiger partial charge in [0, 0.05) is 26.7 Å². The normalized spacial score (nSPS) is 15.6. The van der Waals surface area contributed by atoms with Crippen molar-refractivity contribution in [3.05, 3.63) is 29.8 Å². The first-order chi connectivity index (χ1) is 13.3. The smallest absolute Gasteiger partial charge is 0.338 e. The number of sulfonamides is 1. The first kappa shape index (κ1) is 21.9. The summed E-state index contributed by atoms with van der Waals surface area (Å²) in [6.07, 6.45) is 1.86. The van der Waals surface area contributed by atoms with E-state index in [1.54, 1.807) is 0 Å². The molecule has 9 heteroatoms. The summed E-state index contributed by atoms with van der Waals surface area (Å²) >= 11 is 0.